The van der Waals surface area contributed by atoms with E-state index in [0.717, 1.165) is 0 Å². The quantitative estimate of drug-likeness (QED) is 0.818. The van der Waals surface area contributed by atoms with E-state index in [9.17, 15) is 14.7 Å². The lowest BCUT2D eigenvalue weighted by atomic mass is 10.1. The van der Waals surface area contributed by atoms with Crippen LogP contribution >= 0.6 is 0 Å². The van der Waals surface area contributed by atoms with Gasteiger partial charge in [0, 0.05) is 12.0 Å². The number of rotatable bonds is 3. The van der Waals surface area contributed by atoms with Gasteiger partial charge in [-0.05, 0) is 12.5 Å². The monoisotopic (exact) mass is 235 g/mol. The SMILES string of the molecule is O=C(O)C1CCC(=O)N1Cc1ccccc1O. The highest BCUT2D eigenvalue weighted by Gasteiger charge is 2.36. The summed E-state index contributed by atoms with van der Waals surface area (Å²) in [6.45, 7) is 0.141. The molecule has 0 aromatic heterocycles. The molecule has 0 saturated carbocycles. The van der Waals surface area contributed by atoms with Gasteiger partial charge in [-0.15, -0.1) is 0 Å². The number of carboxylic acids is 1. The number of benzene rings is 1. The van der Waals surface area contributed by atoms with Crippen molar-refractivity contribution in [1.82, 2.24) is 4.90 Å². The highest BCUT2D eigenvalue weighted by Crippen LogP contribution is 2.25. The molecule has 1 aromatic carbocycles. The van der Waals surface area contributed by atoms with Crippen molar-refractivity contribution < 1.29 is 19.8 Å². The Balaban J connectivity index is 2.19. The van der Waals surface area contributed by atoms with Crippen molar-refractivity contribution in [3.8, 4) is 5.75 Å². The van der Waals surface area contributed by atoms with Crippen LogP contribution in [0.1, 0.15) is 18.4 Å². The van der Waals surface area contributed by atoms with Gasteiger partial charge in [-0.3, -0.25) is 4.79 Å². The molecule has 2 N–H and O–H groups in total. The molecule has 90 valence electrons. The second-order valence-electron chi connectivity index (χ2n) is 4.04. The molecular weight excluding hydrogens is 222 g/mol. The third kappa shape index (κ3) is 2.22. The first-order valence-corrected chi connectivity index (χ1v) is 5.38. The number of phenols is 1. The van der Waals surface area contributed by atoms with Crippen LogP contribution in [0.15, 0.2) is 24.3 Å². The zero-order valence-corrected chi connectivity index (χ0v) is 9.17. The largest absolute Gasteiger partial charge is 0.508 e. The van der Waals surface area contributed by atoms with E-state index in [1.165, 1.54) is 11.0 Å². The number of carbonyl (C=O) groups is 2. The van der Waals surface area contributed by atoms with Gasteiger partial charge in [0.2, 0.25) is 5.91 Å². The normalized spacial score (nSPS) is 19.6. The van der Waals surface area contributed by atoms with Gasteiger partial charge >= 0.3 is 5.97 Å². The van der Waals surface area contributed by atoms with E-state index in [1.54, 1.807) is 18.2 Å². The number of nitrogens with zero attached hydrogens (tertiary/aromatic N) is 1. The van der Waals surface area contributed by atoms with Crippen molar-refractivity contribution >= 4 is 11.9 Å². The van der Waals surface area contributed by atoms with E-state index in [4.69, 9.17) is 5.11 Å². The average molecular weight is 235 g/mol. The third-order valence-electron chi connectivity index (χ3n) is 2.95. The Morgan fingerprint density at radius 1 is 1.41 bits per heavy atom. The number of aliphatic carboxylic acids is 1. The van der Waals surface area contributed by atoms with Crippen molar-refractivity contribution in [2.24, 2.45) is 0 Å². The fourth-order valence-electron chi connectivity index (χ4n) is 2.02. The maximum absolute atomic E-state index is 11.6. The third-order valence-corrected chi connectivity index (χ3v) is 2.95. The number of hydrogen-bond donors (Lipinski definition) is 2. The highest BCUT2D eigenvalue weighted by molar-refractivity contribution is 5.87. The lowest BCUT2D eigenvalue weighted by molar-refractivity contribution is -0.146. The van der Waals surface area contributed by atoms with E-state index >= 15 is 0 Å². The Morgan fingerprint density at radius 3 is 2.76 bits per heavy atom. The summed E-state index contributed by atoms with van der Waals surface area (Å²) >= 11 is 0. The molecule has 5 nitrogen and oxygen atoms in total. The molecule has 17 heavy (non-hydrogen) atoms. The summed E-state index contributed by atoms with van der Waals surface area (Å²) in [4.78, 5) is 23.9. The van der Waals surface area contributed by atoms with Crippen molar-refractivity contribution in [3.05, 3.63) is 29.8 Å². The maximum atomic E-state index is 11.6. The molecule has 0 spiro atoms. The number of carboxylic acid groups (broad SMARTS) is 1. The van der Waals surface area contributed by atoms with Crippen LogP contribution in [0.5, 0.6) is 5.75 Å². The number of phenolic OH excluding ortho intramolecular Hbond substituents is 1. The molecule has 1 saturated heterocycles. The minimum absolute atomic E-state index is 0.0799. The zero-order chi connectivity index (χ0) is 12.4. The molecule has 1 unspecified atom stereocenters. The molecule has 1 atom stereocenters. The molecule has 0 aliphatic carbocycles. The van der Waals surface area contributed by atoms with Gasteiger partial charge in [0.25, 0.3) is 0 Å². The van der Waals surface area contributed by atoms with Gasteiger partial charge in [-0.1, -0.05) is 18.2 Å². The van der Waals surface area contributed by atoms with E-state index in [1.807, 2.05) is 0 Å². The Hall–Kier alpha value is -2.04. The molecule has 0 bridgehead atoms. The summed E-state index contributed by atoms with van der Waals surface area (Å²) in [5.74, 6) is -1.09. The summed E-state index contributed by atoms with van der Waals surface area (Å²) in [6.07, 6.45) is 0.590. The molecule has 0 radical (unpaired) electrons. The van der Waals surface area contributed by atoms with Crippen LogP contribution in [0.3, 0.4) is 0 Å². The Bertz CT molecular complexity index is 458. The van der Waals surface area contributed by atoms with Gasteiger partial charge in [0.15, 0.2) is 0 Å². The summed E-state index contributed by atoms with van der Waals surface area (Å²) in [6, 6.07) is 5.85. The summed E-state index contributed by atoms with van der Waals surface area (Å²) < 4.78 is 0. The highest BCUT2D eigenvalue weighted by atomic mass is 16.4. The van der Waals surface area contributed by atoms with Gasteiger partial charge in [0.05, 0.1) is 6.54 Å². The number of likely N-dealkylation sites (tertiary alicyclic amines) is 1. The molecular formula is C12H13NO4. The van der Waals surface area contributed by atoms with Crippen LogP contribution in [0.2, 0.25) is 0 Å². The first-order chi connectivity index (χ1) is 8.09. The number of hydrogen-bond acceptors (Lipinski definition) is 3. The van der Waals surface area contributed by atoms with Crippen molar-refractivity contribution in [2.75, 3.05) is 0 Å². The second kappa shape index (κ2) is 4.45. The topological polar surface area (TPSA) is 77.8 Å². The van der Waals surface area contributed by atoms with Gasteiger partial charge in [-0.25, -0.2) is 4.79 Å². The number of para-hydroxylation sites is 1. The van der Waals surface area contributed by atoms with Crippen LogP contribution in [-0.2, 0) is 16.1 Å². The lowest BCUT2D eigenvalue weighted by Crippen LogP contribution is -2.37. The number of aromatic hydroxyl groups is 1. The van der Waals surface area contributed by atoms with Crippen molar-refractivity contribution in [2.45, 2.75) is 25.4 Å². The fourth-order valence-corrected chi connectivity index (χ4v) is 2.02. The molecule has 2 rings (SSSR count). The Morgan fingerprint density at radius 2 is 2.12 bits per heavy atom. The smallest absolute Gasteiger partial charge is 0.326 e. The van der Waals surface area contributed by atoms with Crippen LogP contribution in [0.4, 0.5) is 0 Å². The molecule has 1 aliphatic rings. The van der Waals surface area contributed by atoms with Crippen molar-refractivity contribution in [3.63, 3.8) is 0 Å². The minimum atomic E-state index is -0.994. The van der Waals surface area contributed by atoms with E-state index in [2.05, 4.69) is 0 Å². The average Bonchev–Trinajstić information content (AvgIpc) is 2.64. The van der Waals surface area contributed by atoms with Gasteiger partial charge in [-0.2, -0.15) is 0 Å². The number of amides is 1. The predicted octanol–water partition coefficient (Wildman–Crippen LogP) is 0.968. The standard InChI is InChI=1S/C12H13NO4/c14-10-4-2-1-3-8(10)7-13-9(12(16)17)5-6-11(13)15/h1-4,9,14H,5-7H2,(H,16,17). The van der Waals surface area contributed by atoms with Crippen LogP contribution < -0.4 is 0 Å². The fraction of sp³-hybridized carbons (Fsp3) is 0.333. The van der Waals surface area contributed by atoms with Crippen LogP contribution in [0.25, 0.3) is 0 Å². The first kappa shape index (κ1) is 11.4. The Labute approximate surface area is 98.3 Å². The lowest BCUT2D eigenvalue weighted by Gasteiger charge is -2.21. The van der Waals surface area contributed by atoms with Crippen LogP contribution in [0, 0.1) is 0 Å². The summed E-state index contributed by atoms with van der Waals surface area (Å²) in [5.41, 5.74) is 0.564. The minimum Gasteiger partial charge on any atom is -0.508 e. The Kier molecular flexibility index (Phi) is 2.99. The van der Waals surface area contributed by atoms with E-state index in [-0.39, 0.29) is 24.6 Å². The first-order valence-electron chi connectivity index (χ1n) is 5.38. The van der Waals surface area contributed by atoms with E-state index < -0.39 is 12.0 Å². The maximum Gasteiger partial charge on any atom is 0.326 e. The molecule has 1 aromatic rings. The summed E-state index contributed by atoms with van der Waals surface area (Å²) in [5, 5.41) is 18.6. The second-order valence-corrected chi connectivity index (χ2v) is 4.04. The predicted molar refractivity (Wildman–Crippen MR) is 59.3 cm³/mol. The van der Waals surface area contributed by atoms with E-state index in [0.29, 0.717) is 12.0 Å². The van der Waals surface area contributed by atoms with Crippen molar-refractivity contribution in [1.29, 1.82) is 0 Å². The van der Waals surface area contributed by atoms with Gasteiger partial charge < -0.3 is 15.1 Å². The number of carbonyl (C=O) groups excluding carboxylic acids is 1. The van der Waals surface area contributed by atoms with Gasteiger partial charge in [0.1, 0.15) is 11.8 Å². The summed E-state index contributed by atoms with van der Waals surface area (Å²) in [7, 11) is 0. The van der Waals surface area contributed by atoms with Crippen LogP contribution in [-0.4, -0.2) is 33.0 Å². The molecule has 1 amide bonds. The molecule has 1 heterocycles. The molecule has 1 aliphatic heterocycles. The molecule has 5 heteroatoms. The molecule has 1 fully saturated rings. The zero-order valence-electron chi connectivity index (χ0n) is 9.17.